The van der Waals surface area contributed by atoms with Crippen LogP contribution in [0.4, 0.5) is 4.79 Å². The van der Waals surface area contributed by atoms with E-state index in [4.69, 9.17) is 9.47 Å². The first-order chi connectivity index (χ1) is 8.82. The van der Waals surface area contributed by atoms with E-state index in [1.807, 2.05) is 20.8 Å². The van der Waals surface area contributed by atoms with E-state index in [-0.39, 0.29) is 17.7 Å². The Morgan fingerprint density at radius 3 is 2.58 bits per heavy atom. The van der Waals surface area contributed by atoms with Gasteiger partial charge < -0.3 is 20.1 Å². The number of amides is 1. The van der Waals surface area contributed by atoms with Crippen LogP contribution >= 0.6 is 0 Å². The summed E-state index contributed by atoms with van der Waals surface area (Å²) in [6, 6.07) is 0.0458. The average Bonchev–Trinajstić information content (AvgIpc) is 2.57. The molecule has 2 rings (SSSR count). The van der Waals surface area contributed by atoms with Gasteiger partial charge in [-0.1, -0.05) is 6.92 Å². The van der Waals surface area contributed by atoms with Gasteiger partial charge in [-0.2, -0.15) is 0 Å². The maximum Gasteiger partial charge on any atom is 0.407 e. The first-order valence-corrected chi connectivity index (χ1v) is 7.17. The molecule has 2 fully saturated rings. The van der Waals surface area contributed by atoms with Gasteiger partial charge in [-0.05, 0) is 46.7 Å². The summed E-state index contributed by atoms with van der Waals surface area (Å²) in [5.41, 5.74) is -0.671. The fourth-order valence-corrected chi connectivity index (χ4v) is 3.02. The van der Waals surface area contributed by atoms with Gasteiger partial charge in [0.1, 0.15) is 5.60 Å². The van der Waals surface area contributed by atoms with Gasteiger partial charge in [0, 0.05) is 5.92 Å². The van der Waals surface area contributed by atoms with E-state index < -0.39 is 5.60 Å². The molecule has 0 saturated carbocycles. The topological polar surface area (TPSA) is 59.6 Å². The predicted molar refractivity (Wildman–Crippen MR) is 73.1 cm³/mol. The zero-order valence-electron chi connectivity index (χ0n) is 12.4. The average molecular weight is 270 g/mol. The fraction of sp³-hybridized carbons (Fsp3) is 0.929. The number of hydrogen-bond acceptors (Lipinski definition) is 4. The summed E-state index contributed by atoms with van der Waals surface area (Å²) in [4.78, 5) is 12.0. The van der Waals surface area contributed by atoms with Crippen molar-refractivity contribution in [3.63, 3.8) is 0 Å². The molecule has 1 spiro atoms. The normalized spacial score (nSPS) is 30.3. The third-order valence-corrected chi connectivity index (χ3v) is 3.89. The fourth-order valence-electron chi connectivity index (χ4n) is 3.02. The smallest absolute Gasteiger partial charge is 0.407 e. The molecule has 0 aromatic rings. The molecule has 2 aliphatic heterocycles. The summed E-state index contributed by atoms with van der Waals surface area (Å²) in [5, 5.41) is 6.37. The van der Waals surface area contributed by atoms with Crippen LogP contribution in [0.15, 0.2) is 0 Å². The van der Waals surface area contributed by atoms with E-state index in [1.54, 1.807) is 0 Å². The molecule has 0 bridgehead atoms. The highest BCUT2D eigenvalue weighted by Crippen LogP contribution is 2.37. The Kier molecular flexibility index (Phi) is 4.06. The van der Waals surface area contributed by atoms with E-state index in [9.17, 15) is 4.79 Å². The van der Waals surface area contributed by atoms with Crippen LogP contribution in [0.1, 0.15) is 40.5 Å². The lowest BCUT2D eigenvalue weighted by atomic mass is 9.82. The molecule has 0 radical (unpaired) electrons. The monoisotopic (exact) mass is 270 g/mol. The molecule has 5 heteroatoms. The lowest BCUT2D eigenvalue weighted by Crippen LogP contribution is -2.57. The van der Waals surface area contributed by atoms with E-state index in [0.29, 0.717) is 12.5 Å². The largest absolute Gasteiger partial charge is 0.444 e. The Hall–Kier alpha value is -0.810. The van der Waals surface area contributed by atoms with Crippen molar-refractivity contribution >= 4 is 6.09 Å². The third kappa shape index (κ3) is 3.39. The molecule has 1 amide bonds. The minimum absolute atomic E-state index is 0.0458. The number of alkyl carbamates (subject to hydrolysis) is 1. The van der Waals surface area contributed by atoms with Gasteiger partial charge in [0.05, 0.1) is 18.2 Å². The van der Waals surface area contributed by atoms with Gasteiger partial charge in [-0.25, -0.2) is 4.79 Å². The quantitative estimate of drug-likeness (QED) is 0.761. The van der Waals surface area contributed by atoms with Gasteiger partial charge in [0.15, 0.2) is 0 Å². The number of carbonyl (C=O) groups is 1. The zero-order valence-corrected chi connectivity index (χ0v) is 12.4. The minimum Gasteiger partial charge on any atom is -0.444 e. The number of ether oxygens (including phenoxy) is 2. The SMILES string of the molecule is C[C@@H]1COC2(CCNCC2)[C@@H]1NC(=O)OC(C)(C)C. The van der Waals surface area contributed by atoms with Crippen LogP contribution in [-0.2, 0) is 9.47 Å². The van der Waals surface area contributed by atoms with Gasteiger partial charge >= 0.3 is 6.09 Å². The van der Waals surface area contributed by atoms with Crippen molar-refractivity contribution in [3.8, 4) is 0 Å². The number of rotatable bonds is 1. The highest BCUT2D eigenvalue weighted by Gasteiger charge is 2.49. The molecule has 2 heterocycles. The van der Waals surface area contributed by atoms with Crippen molar-refractivity contribution < 1.29 is 14.3 Å². The molecular weight excluding hydrogens is 244 g/mol. The molecule has 2 N–H and O–H groups in total. The van der Waals surface area contributed by atoms with Crippen molar-refractivity contribution in [2.45, 2.75) is 57.8 Å². The molecule has 2 aliphatic rings. The first-order valence-electron chi connectivity index (χ1n) is 7.17. The van der Waals surface area contributed by atoms with Crippen LogP contribution in [-0.4, -0.2) is 43.0 Å². The minimum atomic E-state index is -0.464. The highest BCUT2D eigenvalue weighted by atomic mass is 16.6. The zero-order chi connectivity index (χ0) is 14.1. The van der Waals surface area contributed by atoms with Crippen LogP contribution in [0.3, 0.4) is 0 Å². The number of nitrogens with one attached hydrogen (secondary N) is 2. The Morgan fingerprint density at radius 2 is 2.00 bits per heavy atom. The highest BCUT2D eigenvalue weighted by molar-refractivity contribution is 5.68. The van der Waals surface area contributed by atoms with Crippen LogP contribution in [0.25, 0.3) is 0 Å². The van der Waals surface area contributed by atoms with Crippen LogP contribution in [0.2, 0.25) is 0 Å². The molecule has 19 heavy (non-hydrogen) atoms. The Morgan fingerprint density at radius 1 is 1.37 bits per heavy atom. The molecule has 0 aromatic carbocycles. The number of carbonyl (C=O) groups excluding carboxylic acids is 1. The summed E-state index contributed by atoms with van der Waals surface area (Å²) >= 11 is 0. The van der Waals surface area contributed by atoms with Gasteiger partial charge in [0.25, 0.3) is 0 Å². The second-order valence-electron chi connectivity index (χ2n) is 6.73. The van der Waals surface area contributed by atoms with Crippen molar-refractivity contribution in [1.82, 2.24) is 10.6 Å². The molecule has 0 aromatic heterocycles. The van der Waals surface area contributed by atoms with E-state index in [2.05, 4.69) is 17.6 Å². The van der Waals surface area contributed by atoms with Crippen LogP contribution in [0.5, 0.6) is 0 Å². The Bertz CT molecular complexity index is 327. The summed E-state index contributed by atoms with van der Waals surface area (Å²) in [6.45, 7) is 10.3. The molecule has 110 valence electrons. The van der Waals surface area contributed by atoms with Crippen molar-refractivity contribution in [3.05, 3.63) is 0 Å². The van der Waals surface area contributed by atoms with Gasteiger partial charge in [-0.3, -0.25) is 0 Å². The van der Waals surface area contributed by atoms with Gasteiger partial charge in [-0.15, -0.1) is 0 Å². The molecular formula is C14H26N2O3. The Balaban J connectivity index is 2.01. The maximum atomic E-state index is 12.0. The second-order valence-corrected chi connectivity index (χ2v) is 6.73. The lowest BCUT2D eigenvalue weighted by Gasteiger charge is -2.39. The summed E-state index contributed by atoms with van der Waals surface area (Å²) in [6.07, 6.45) is 1.54. The van der Waals surface area contributed by atoms with Crippen molar-refractivity contribution in [1.29, 1.82) is 0 Å². The summed E-state index contributed by atoms with van der Waals surface area (Å²) in [7, 11) is 0. The van der Waals surface area contributed by atoms with Gasteiger partial charge in [0.2, 0.25) is 0 Å². The molecule has 0 aliphatic carbocycles. The Labute approximate surface area is 115 Å². The number of hydrogen-bond donors (Lipinski definition) is 2. The summed E-state index contributed by atoms with van der Waals surface area (Å²) < 4.78 is 11.4. The third-order valence-electron chi connectivity index (χ3n) is 3.89. The second kappa shape index (κ2) is 5.29. The van der Waals surface area contributed by atoms with Crippen LogP contribution < -0.4 is 10.6 Å². The summed E-state index contributed by atoms with van der Waals surface area (Å²) in [5.74, 6) is 0.325. The van der Waals surface area contributed by atoms with E-state index in [0.717, 1.165) is 25.9 Å². The van der Waals surface area contributed by atoms with Crippen molar-refractivity contribution in [2.75, 3.05) is 19.7 Å². The molecule has 2 atom stereocenters. The first kappa shape index (κ1) is 14.6. The van der Waals surface area contributed by atoms with E-state index in [1.165, 1.54) is 0 Å². The predicted octanol–water partition coefficient (Wildman–Crippen LogP) is 1.67. The van der Waals surface area contributed by atoms with Crippen LogP contribution in [0, 0.1) is 5.92 Å². The standard InChI is InChI=1S/C14H26N2O3/c1-10-9-18-14(5-7-15-8-6-14)11(10)16-12(17)19-13(2,3)4/h10-11,15H,5-9H2,1-4H3,(H,16,17)/t10-,11-/m1/s1. The molecule has 2 saturated heterocycles. The van der Waals surface area contributed by atoms with E-state index >= 15 is 0 Å². The number of piperidine rings is 1. The molecule has 0 unspecified atom stereocenters. The van der Waals surface area contributed by atoms with Crippen molar-refractivity contribution in [2.24, 2.45) is 5.92 Å². The maximum absolute atomic E-state index is 12.0. The molecule has 5 nitrogen and oxygen atoms in total. The lowest BCUT2D eigenvalue weighted by molar-refractivity contribution is -0.0356.